The Kier molecular flexibility index (Phi) is 51.2. The molecule has 0 aromatic heterocycles. The second kappa shape index (κ2) is 54.1. The van der Waals surface area contributed by atoms with Gasteiger partial charge in [0.2, 0.25) is 35.4 Å². The lowest BCUT2D eigenvalue weighted by Gasteiger charge is -2.26. The van der Waals surface area contributed by atoms with Gasteiger partial charge in [-0.05, 0) is 39.2 Å². The van der Waals surface area contributed by atoms with E-state index in [0.717, 1.165) is 43.2 Å². The fraction of sp³-hybridized carbons (Fsp3) is 0.776. The fourth-order valence-electron chi connectivity index (χ4n) is 9.09. The highest BCUT2D eigenvalue weighted by atomic mass is 33.1. The van der Waals surface area contributed by atoms with Gasteiger partial charge in [0, 0.05) is 125 Å². The van der Waals surface area contributed by atoms with Crippen molar-refractivity contribution in [3.8, 4) is 0 Å². The van der Waals surface area contributed by atoms with Crippen LogP contribution in [0.25, 0.3) is 0 Å². The lowest BCUT2D eigenvalue weighted by molar-refractivity contribution is -0.142. The Labute approximate surface area is 607 Å². The van der Waals surface area contributed by atoms with Crippen LogP contribution in [0.15, 0.2) is 0 Å². The van der Waals surface area contributed by atoms with E-state index in [0.29, 0.717) is 0 Å². The Hall–Kier alpha value is -5.51. The summed E-state index contributed by atoms with van der Waals surface area (Å²) in [6, 6.07) is -6.56. The minimum atomic E-state index is -2.19. The first-order chi connectivity index (χ1) is 48.4. The van der Waals surface area contributed by atoms with Crippen LogP contribution >= 0.6 is 43.2 Å². The van der Waals surface area contributed by atoms with Crippen molar-refractivity contribution in [2.45, 2.75) is 187 Å². The molecule has 590 valence electrons. The van der Waals surface area contributed by atoms with Crippen LogP contribution in [-0.4, -0.2) is 355 Å². The molecule has 103 heavy (non-hydrogen) atoms. The average Bonchev–Trinajstić information content (AvgIpc) is 0.861. The maximum atomic E-state index is 14.7. The van der Waals surface area contributed by atoms with Crippen LogP contribution < -0.4 is 37.2 Å². The van der Waals surface area contributed by atoms with Crippen LogP contribution in [0.5, 0.6) is 0 Å². The predicted octanol–water partition coefficient (Wildman–Crippen LogP) is -10.1. The second-order valence-electron chi connectivity index (χ2n) is 23.5. The van der Waals surface area contributed by atoms with Crippen molar-refractivity contribution in [2.75, 3.05) is 76.1 Å². The number of carbonyl (C=O) groups excluding carboxylic acids is 9. The number of hydrogen-bond donors (Lipinski definition) is 26. The summed E-state index contributed by atoms with van der Waals surface area (Å²) in [5.41, 5.74) is 0. The molecule has 45 heteroatoms. The van der Waals surface area contributed by atoms with E-state index in [1.54, 1.807) is 0 Å². The van der Waals surface area contributed by atoms with Gasteiger partial charge in [0.1, 0.15) is 72.8 Å². The average molecular weight is 1560 g/mol. The molecule has 0 aromatic rings. The van der Waals surface area contributed by atoms with Crippen LogP contribution in [0.2, 0.25) is 0 Å². The molecular formula is C58H98BN7O33S4. The number of nitrogens with one attached hydrogen (secondary N) is 7. The number of carbonyl (C=O) groups is 13. The summed E-state index contributed by atoms with van der Waals surface area (Å²) in [6.45, 7) is -5.58. The molecule has 0 aromatic carbocycles. The van der Waals surface area contributed by atoms with Crippen molar-refractivity contribution >= 4 is 128 Å². The molecule has 19 atom stereocenters. The van der Waals surface area contributed by atoms with E-state index >= 15 is 0 Å². The zero-order chi connectivity index (χ0) is 78.6. The first-order valence-electron chi connectivity index (χ1n) is 32.1. The molecule has 0 aliphatic heterocycles. The van der Waals surface area contributed by atoms with Crippen LogP contribution in [-0.2, 0) is 67.0 Å². The first kappa shape index (κ1) is 97.5. The molecule has 0 saturated carbocycles. The number of aliphatic hydroxyl groups excluding tert-OH is 15. The second-order valence-corrected chi connectivity index (χ2v) is 28.8. The summed E-state index contributed by atoms with van der Waals surface area (Å²) in [6.07, 6.45) is -35.2. The molecular weight excluding hydrogens is 1460 g/mol. The summed E-state index contributed by atoms with van der Waals surface area (Å²) in [4.78, 5) is 173. The number of amides is 6. The largest absolute Gasteiger partial charge is 0.481 e. The molecule has 6 amide bonds. The van der Waals surface area contributed by atoms with Gasteiger partial charge in [-0.3, -0.25) is 57.5 Å². The Morgan fingerprint density at radius 3 is 1.00 bits per heavy atom. The van der Waals surface area contributed by atoms with E-state index in [2.05, 4.69) is 41.9 Å². The quantitative estimate of drug-likeness (QED) is 0.0153. The maximum absolute atomic E-state index is 14.7. The summed E-state index contributed by atoms with van der Waals surface area (Å²) in [7, 11) is 10.6. The smallest absolute Gasteiger partial charge is 0.327 e. The highest BCUT2D eigenvalue weighted by Gasteiger charge is 2.38. The third-order valence-electron chi connectivity index (χ3n) is 15.5. The van der Waals surface area contributed by atoms with Crippen LogP contribution in [0.1, 0.15) is 89.9 Å². The number of aliphatic hydroxyl groups is 15. The summed E-state index contributed by atoms with van der Waals surface area (Å²) in [5.74, 6) is -20.8. The van der Waals surface area contributed by atoms with E-state index in [1.165, 1.54) is 7.05 Å². The predicted molar refractivity (Wildman–Crippen MR) is 363 cm³/mol. The third kappa shape index (κ3) is 40.7. The number of aliphatic carboxylic acids is 4. The minimum Gasteiger partial charge on any atom is -0.481 e. The molecule has 26 N–H and O–H groups in total. The molecule has 2 radical (unpaired) electrons. The molecule has 0 heterocycles. The topological polar surface area (TPSA) is 700 Å². The summed E-state index contributed by atoms with van der Waals surface area (Å²) < 4.78 is 4.47. The van der Waals surface area contributed by atoms with Crippen molar-refractivity contribution in [1.29, 1.82) is 0 Å². The van der Waals surface area contributed by atoms with E-state index in [1.807, 2.05) is 0 Å². The number of carboxylic acids is 4. The van der Waals surface area contributed by atoms with Gasteiger partial charge in [0.15, 0.2) is 11.6 Å². The molecule has 0 rings (SSSR count). The van der Waals surface area contributed by atoms with Crippen molar-refractivity contribution in [3.05, 3.63) is 0 Å². The molecule has 0 aliphatic carbocycles. The van der Waals surface area contributed by atoms with E-state index in [-0.39, 0.29) is 36.0 Å². The SMILES string of the molecule is [B]OCCSSCC(NC(=O)C(CCC(=O)NCC(O)C(O)C(O)C(O)CO)CC(=O)C(CCC(=O)O)NC(=O)C(CCC(=O)NCC(O)C(O)C(O)C(O)CO)CC(=O)C(CCC(=O)O)NC(=O)C(CCC(=O)NCC(O)C(O)C(O)C(O)CO)CC(=O)CCSSCC(NC)C(=O)O)C(=O)O. The molecule has 0 bridgehead atoms. The summed E-state index contributed by atoms with van der Waals surface area (Å²) in [5, 5.41) is 204. The number of rotatable bonds is 62. The number of Topliss-reactive ketones (excluding diaryl/α,β-unsaturated/α-hetero) is 3. The normalized spacial score (nSPS) is 17.1. The van der Waals surface area contributed by atoms with Gasteiger partial charge in [-0.1, -0.05) is 43.2 Å². The zero-order valence-electron chi connectivity index (χ0n) is 56.1. The maximum Gasteiger partial charge on any atom is 0.327 e. The van der Waals surface area contributed by atoms with Gasteiger partial charge in [0.05, 0.1) is 50.2 Å². The summed E-state index contributed by atoms with van der Waals surface area (Å²) >= 11 is 0. The van der Waals surface area contributed by atoms with Gasteiger partial charge >= 0.3 is 23.9 Å². The Morgan fingerprint density at radius 1 is 0.379 bits per heavy atom. The lowest BCUT2D eigenvalue weighted by Crippen LogP contribution is -2.50. The van der Waals surface area contributed by atoms with Gasteiger partial charge in [-0.2, -0.15) is 0 Å². The van der Waals surface area contributed by atoms with Crippen molar-refractivity contribution in [2.24, 2.45) is 17.8 Å². The van der Waals surface area contributed by atoms with Gasteiger partial charge in [-0.15, -0.1) is 0 Å². The molecule has 0 aliphatic rings. The van der Waals surface area contributed by atoms with Gasteiger partial charge < -0.3 is 139 Å². The van der Waals surface area contributed by atoms with Crippen molar-refractivity contribution in [1.82, 2.24) is 37.2 Å². The standard InChI is InChI=1S/C58H98BN7O33S4/c1-60-33(57(95)96)25-102-100-14-12-30(70)16-27(2-7-43(79)61-19-37(73)48(86)51(89)40(76)22-67)54(92)64-31(5-10-46(82)83)35(71)17-28(3-8-44(80)62-20-38(74)49(87)52(90)41(77)23-68)55(93)65-32(6-11-47(84)85)36(72)18-29(56(94)66-34(58(97)98)26-103-101-15-13-99-59)4-9-45(81)63-21-39(75)50(88)53(91)42(78)24-69/h27-29,31-34,37-42,48-53,60,67-69,73-78,86-91H,2-26H2,1H3,(H,61,79)(H,62,80)(H,63,81)(H,64,92)(H,65,93)(H,66,94)(H,82,83)(H,84,85)(H,95,96)(H,97,98). The Balaban J connectivity index is 7.66. The van der Waals surface area contributed by atoms with Crippen molar-refractivity contribution in [3.63, 3.8) is 0 Å². The highest BCUT2D eigenvalue weighted by molar-refractivity contribution is 8.77. The van der Waals surface area contributed by atoms with E-state index in [4.69, 9.17) is 18.3 Å². The fourth-order valence-corrected chi connectivity index (χ4v) is 13.4. The van der Waals surface area contributed by atoms with E-state index in [9.17, 15) is 149 Å². The number of likely N-dealkylation sites (N-methyl/N-ethyl adjacent to an activating group) is 1. The Bertz CT molecular complexity index is 2660. The van der Waals surface area contributed by atoms with Gasteiger partial charge in [-0.25, -0.2) is 4.79 Å². The zero-order valence-corrected chi connectivity index (χ0v) is 59.3. The number of carboxylic acid groups (broad SMARTS) is 4. The molecule has 0 fully saturated rings. The van der Waals surface area contributed by atoms with Gasteiger partial charge in [0.25, 0.3) is 8.05 Å². The number of hydrogen-bond acceptors (Lipinski definition) is 34. The third-order valence-corrected chi connectivity index (χ3v) is 20.3. The molecule has 19 unspecified atom stereocenters. The van der Waals surface area contributed by atoms with Crippen LogP contribution in [0, 0.1) is 17.8 Å². The molecule has 0 saturated heterocycles. The number of ketones is 3. The van der Waals surface area contributed by atoms with Crippen molar-refractivity contribution < 1.29 is 164 Å². The Morgan fingerprint density at radius 2 is 0.689 bits per heavy atom. The van der Waals surface area contributed by atoms with Crippen LogP contribution in [0.3, 0.4) is 0 Å². The van der Waals surface area contributed by atoms with Crippen LogP contribution in [0.4, 0.5) is 0 Å². The van der Waals surface area contributed by atoms with E-state index < -0.39 is 315 Å². The monoisotopic (exact) mass is 1560 g/mol. The minimum absolute atomic E-state index is 0.0360. The highest BCUT2D eigenvalue weighted by Crippen LogP contribution is 2.26. The molecule has 40 nitrogen and oxygen atoms in total. The first-order valence-corrected chi connectivity index (χ1v) is 37.0. The lowest BCUT2D eigenvalue weighted by atomic mass is 9.89. The molecule has 0 spiro atoms.